The van der Waals surface area contributed by atoms with E-state index in [1.165, 1.54) is 10.5 Å². The second-order valence-corrected chi connectivity index (χ2v) is 5.87. The fourth-order valence-electron chi connectivity index (χ4n) is 2.04. The first-order valence-corrected chi connectivity index (χ1v) is 7.41. The molecule has 0 radical (unpaired) electrons. The van der Waals surface area contributed by atoms with Crippen LogP contribution in [0.1, 0.15) is 29.0 Å². The third-order valence-corrected chi connectivity index (χ3v) is 4.50. The molecule has 1 aliphatic rings. The third-order valence-electron chi connectivity index (χ3n) is 2.93. The van der Waals surface area contributed by atoms with Crippen molar-refractivity contribution in [1.29, 1.82) is 0 Å². The van der Waals surface area contributed by atoms with E-state index in [-0.39, 0.29) is 5.25 Å². The highest BCUT2D eigenvalue weighted by molar-refractivity contribution is 7.99. The predicted octanol–water partition coefficient (Wildman–Crippen LogP) is 3.63. The molecule has 1 unspecified atom stereocenters. The molecular formula is C13H13ClN2OS. The quantitative estimate of drug-likeness (QED) is 0.802. The van der Waals surface area contributed by atoms with Gasteiger partial charge in [-0.05, 0) is 24.5 Å². The van der Waals surface area contributed by atoms with Crippen LogP contribution in [0.5, 0.6) is 0 Å². The fourth-order valence-corrected chi connectivity index (χ4v) is 3.39. The average molecular weight is 281 g/mol. The first-order chi connectivity index (χ1) is 8.86. The number of halogens is 1. The normalized spacial score (nSPS) is 17.9. The van der Waals surface area contributed by atoms with Crippen LogP contribution in [0.15, 0.2) is 33.6 Å². The summed E-state index contributed by atoms with van der Waals surface area (Å²) in [5, 5.41) is 8.49. The van der Waals surface area contributed by atoms with Gasteiger partial charge in [0, 0.05) is 17.2 Å². The van der Waals surface area contributed by atoms with Crippen molar-refractivity contribution in [2.24, 2.45) is 0 Å². The second kappa shape index (κ2) is 5.33. The van der Waals surface area contributed by atoms with Gasteiger partial charge in [0.05, 0.1) is 5.25 Å². The number of alkyl halides is 1. The van der Waals surface area contributed by atoms with Gasteiger partial charge in [-0.25, -0.2) is 0 Å². The molecule has 5 heteroatoms. The van der Waals surface area contributed by atoms with Gasteiger partial charge in [-0.1, -0.05) is 18.2 Å². The number of aromatic nitrogens is 2. The van der Waals surface area contributed by atoms with E-state index < -0.39 is 0 Å². The number of nitrogens with zero attached hydrogens (tertiary/aromatic N) is 2. The molecule has 2 aromatic rings. The van der Waals surface area contributed by atoms with E-state index in [9.17, 15) is 0 Å². The van der Waals surface area contributed by atoms with Crippen LogP contribution in [0.2, 0.25) is 0 Å². The summed E-state index contributed by atoms with van der Waals surface area (Å²) in [4.78, 5) is 1.32. The van der Waals surface area contributed by atoms with E-state index in [0.29, 0.717) is 11.8 Å². The average Bonchev–Trinajstić information content (AvgIpc) is 3.02. The highest BCUT2D eigenvalue weighted by Crippen LogP contribution is 2.45. The maximum atomic E-state index is 5.70. The molecule has 3 rings (SSSR count). The Morgan fingerprint density at radius 1 is 1.33 bits per heavy atom. The van der Waals surface area contributed by atoms with E-state index in [4.69, 9.17) is 16.0 Å². The highest BCUT2D eigenvalue weighted by atomic mass is 35.5. The third kappa shape index (κ3) is 2.40. The van der Waals surface area contributed by atoms with Gasteiger partial charge in [-0.2, -0.15) is 0 Å². The minimum atomic E-state index is 0.264. The van der Waals surface area contributed by atoms with Crippen LogP contribution in [-0.4, -0.2) is 16.1 Å². The van der Waals surface area contributed by atoms with Gasteiger partial charge >= 0.3 is 0 Å². The van der Waals surface area contributed by atoms with Gasteiger partial charge < -0.3 is 4.42 Å². The Kier molecular flexibility index (Phi) is 3.57. The number of fused-ring (bicyclic) bond motifs is 1. The molecule has 94 valence electrons. The van der Waals surface area contributed by atoms with Crippen molar-refractivity contribution in [3.05, 3.63) is 41.6 Å². The molecule has 1 aromatic carbocycles. The summed E-state index contributed by atoms with van der Waals surface area (Å²) in [6, 6.07) is 8.44. The molecule has 0 aliphatic carbocycles. The van der Waals surface area contributed by atoms with Crippen molar-refractivity contribution in [1.82, 2.24) is 10.2 Å². The molecular weight excluding hydrogens is 268 g/mol. The number of hydrogen-bond donors (Lipinski definition) is 0. The van der Waals surface area contributed by atoms with E-state index in [1.807, 2.05) is 0 Å². The summed E-state index contributed by atoms with van der Waals surface area (Å²) in [6.45, 7) is 0. The Morgan fingerprint density at radius 2 is 2.22 bits per heavy atom. The summed E-state index contributed by atoms with van der Waals surface area (Å²) in [6.07, 6.45) is 2.61. The zero-order chi connectivity index (χ0) is 12.4. The number of thioether (sulfide) groups is 1. The summed E-state index contributed by atoms with van der Waals surface area (Å²) < 4.78 is 5.70. The minimum absolute atomic E-state index is 0.264. The van der Waals surface area contributed by atoms with Gasteiger partial charge in [0.15, 0.2) is 0 Å². The van der Waals surface area contributed by atoms with E-state index in [1.54, 1.807) is 11.8 Å². The largest absolute Gasteiger partial charge is 0.424 e. The van der Waals surface area contributed by atoms with E-state index >= 15 is 0 Å². The smallest absolute Gasteiger partial charge is 0.230 e. The highest BCUT2D eigenvalue weighted by Gasteiger charge is 2.27. The molecule has 18 heavy (non-hydrogen) atoms. The zero-order valence-corrected chi connectivity index (χ0v) is 11.4. The van der Waals surface area contributed by atoms with Crippen molar-refractivity contribution >= 4 is 23.4 Å². The standard InChI is InChI=1S/C13H13ClN2OS/c14-7-3-6-12-15-16-13(17-12)11-8-9-4-1-2-5-10(9)18-11/h1-2,4-5,11H,3,6-8H2. The summed E-state index contributed by atoms with van der Waals surface area (Å²) in [5.41, 5.74) is 1.37. The molecule has 0 fully saturated rings. The molecule has 2 heterocycles. The van der Waals surface area contributed by atoms with Crippen LogP contribution in [0.3, 0.4) is 0 Å². The monoisotopic (exact) mass is 280 g/mol. The van der Waals surface area contributed by atoms with Crippen LogP contribution >= 0.6 is 23.4 Å². The van der Waals surface area contributed by atoms with Crippen LogP contribution in [-0.2, 0) is 12.8 Å². The van der Waals surface area contributed by atoms with Crippen molar-refractivity contribution in [2.75, 3.05) is 5.88 Å². The first-order valence-electron chi connectivity index (χ1n) is 5.99. The molecule has 0 bridgehead atoms. The van der Waals surface area contributed by atoms with Crippen LogP contribution in [0.4, 0.5) is 0 Å². The lowest BCUT2D eigenvalue weighted by molar-refractivity contribution is 0.445. The van der Waals surface area contributed by atoms with Crippen LogP contribution in [0, 0.1) is 0 Å². The van der Waals surface area contributed by atoms with Gasteiger partial charge in [0.25, 0.3) is 0 Å². The molecule has 0 saturated heterocycles. The Morgan fingerprint density at radius 3 is 3.06 bits per heavy atom. The van der Waals surface area contributed by atoms with Gasteiger partial charge in [-0.15, -0.1) is 33.6 Å². The maximum Gasteiger partial charge on any atom is 0.230 e. The molecule has 1 aromatic heterocycles. The van der Waals surface area contributed by atoms with Crippen molar-refractivity contribution in [3.8, 4) is 0 Å². The van der Waals surface area contributed by atoms with E-state index in [2.05, 4.69) is 34.5 Å². The lowest BCUT2D eigenvalue weighted by Gasteiger charge is -2.00. The Balaban J connectivity index is 1.72. The Hall–Kier alpha value is -1.00. The SMILES string of the molecule is ClCCCc1nnc(C2Cc3ccccc3S2)o1. The number of aryl methyl sites for hydroxylation is 1. The van der Waals surface area contributed by atoms with Gasteiger partial charge in [0.1, 0.15) is 0 Å². The zero-order valence-electron chi connectivity index (χ0n) is 9.80. The second-order valence-electron chi connectivity index (χ2n) is 4.24. The molecule has 0 amide bonds. The molecule has 3 nitrogen and oxygen atoms in total. The fraction of sp³-hybridized carbons (Fsp3) is 0.385. The minimum Gasteiger partial charge on any atom is -0.424 e. The lowest BCUT2D eigenvalue weighted by Crippen LogP contribution is -1.92. The van der Waals surface area contributed by atoms with Crippen molar-refractivity contribution < 1.29 is 4.42 Å². The maximum absolute atomic E-state index is 5.70. The Labute approximate surface area is 115 Å². The first kappa shape index (κ1) is 12.1. The Bertz CT molecular complexity index is 518. The molecule has 1 atom stereocenters. The number of rotatable bonds is 4. The van der Waals surface area contributed by atoms with Crippen LogP contribution < -0.4 is 0 Å². The molecule has 1 aliphatic heterocycles. The lowest BCUT2D eigenvalue weighted by atomic mass is 10.1. The summed E-state index contributed by atoms with van der Waals surface area (Å²) in [7, 11) is 0. The summed E-state index contributed by atoms with van der Waals surface area (Å²) in [5.74, 6) is 2.06. The van der Waals surface area contributed by atoms with Gasteiger partial charge in [0.2, 0.25) is 11.8 Å². The van der Waals surface area contributed by atoms with Gasteiger partial charge in [-0.3, -0.25) is 0 Å². The van der Waals surface area contributed by atoms with Crippen LogP contribution in [0.25, 0.3) is 0 Å². The predicted molar refractivity (Wildman–Crippen MR) is 72.1 cm³/mol. The molecule has 0 saturated carbocycles. The van der Waals surface area contributed by atoms with Crippen molar-refractivity contribution in [3.63, 3.8) is 0 Å². The molecule has 0 N–H and O–H groups in total. The van der Waals surface area contributed by atoms with Crippen molar-refractivity contribution in [2.45, 2.75) is 29.4 Å². The number of hydrogen-bond acceptors (Lipinski definition) is 4. The summed E-state index contributed by atoms with van der Waals surface area (Å²) >= 11 is 7.46. The number of benzene rings is 1. The topological polar surface area (TPSA) is 38.9 Å². The van der Waals surface area contributed by atoms with E-state index in [0.717, 1.165) is 25.2 Å². The molecule has 0 spiro atoms.